The van der Waals surface area contributed by atoms with Gasteiger partial charge in [-0.3, -0.25) is 4.79 Å². The fourth-order valence-corrected chi connectivity index (χ4v) is 4.96. The second-order valence-corrected chi connectivity index (χ2v) is 11.0. The lowest BCUT2D eigenvalue weighted by atomic mass is 10.1. The van der Waals surface area contributed by atoms with Crippen molar-refractivity contribution >= 4 is 75.1 Å². The van der Waals surface area contributed by atoms with Crippen molar-refractivity contribution in [2.45, 2.75) is 13.2 Å². The molecule has 1 amide bonds. The van der Waals surface area contributed by atoms with Gasteiger partial charge >= 0.3 is 0 Å². The van der Waals surface area contributed by atoms with E-state index < -0.39 is 5.91 Å². The molecule has 10 heteroatoms. The zero-order valence-corrected chi connectivity index (χ0v) is 26.0. The number of methoxy groups -OCH3 is 1. The molecule has 0 fully saturated rings. The molecule has 0 bridgehead atoms. The minimum atomic E-state index is -0.550. The summed E-state index contributed by atoms with van der Waals surface area (Å²) >= 11 is 20.4. The van der Waals surface area contributed by atoms with E-state index in [0.717, 1.165) is 14.7 Å². The van der Waals surface area contributed by atoms with Crippen LogP contribution in [0.3, 0.4) is 0 Å². The van der Waals surface area contributed by atoms with E-state index in [0.29, 0.717) is 50.2 Å². The SMILES string of the molecule is COc1cc(/C=C(\C#N)C(=O)Nc2ccc(OCc3ccccc3Cl)cc2)cc(I)c1OCc1ccc(Cl)c(Cl)c1. The number of amides is 1. The normalized spacial score (nSPS) is 11.0. The van der Waals surface area contributed by atoms with Gasteiger partial charge in [0.25, 0.3) is 5.91 Å². The predicted molar refractivity (Wildman–Crippen MR) is 171 cm³/mol. The van der Waals surface area contributed by atoms with Crippen molar-refractivity contribution in [1.29, 1.82) is 5.26 Å². The summed E-state index contributed by atoms with van der Waals surface area (Å²) in [4.78, 5) is 12.9. The number of anilines is 1. The van der Waals surface area contributed by atoms with Crippen molar-refractivity contribution in [1.82, 2.24) is 0 Å². The van der Waals surface area contributed by atoms with Gasteiger partial charge in [0.05, 0.1) is 20.7 Å². The molecule has 41 heavy (non-hydrogen) atoms. The molecule has 4 aromatic carbocycles. The number of ether oxygens (including phenoxy) is 3. The van der Waals surface area contributed by atoms with Gasteiger partial charge in [-0.05, 0) is 94.4 Å². The standard InChI is InChI=1S/C31H22Cl3IN2O4/c1-39-29-15-20(14-28(35)30(29)41-17-19-6-11-26(33)27(34)13-19)12-22(16-36)31(38)37-23-7-9-24(10-8-23)40-18-21-4-2-3-5-25(21)32/h2-15H,17-18H2,1H3,(H,37,38)/b22-12+. The molecule has 0 saturated carbocycles. The van der Waals surface area contributed by atoms with Crippen LogP contribution in [0.2, 0.25) is 15.1 Å². The average Bonchev–Trinajstić information content (AvgIpc) is 2.97. The summed E-state index contributed by atoms with van der Waals surface area (Å²) in [6.07, 6.45) is 1.49. The predicted octanol–water partition coefficient (Wildman–Crippen LogP) is 8.96. The third-order valence-electron chi connectivity index (χ3n) is 5.76. The number of nitriles is 1. The Bertz CT molecular complexity index is 1640. The number of hydrogen-bond donors (Lipinski definition) is 1. The summed E-state index contributed by atoms with van der Waals surface area (Å²) in [5, 5.41) is 14.0. The topological polar surface area (TPSA) is 80.6 Å². The highest BCUT2D eigenvalue weighted by Gasteiger charge is 2.15. The van der Waals surface area contributed by atoms with Gasteiger partial charge in [0.2, 0.25) is 0 Å². The molecule has 4 rings (SSSR count). The zero-order chi connectivity index (χ0) is 29.4. The summed E-state index contributed by atoms with van der Waals surface area (Å²) in [6, 6.07) is 25.0. The van der Waals surface area contributed by atoms with Crippen molar-refractivity contribution in [3.8, 4) is 23.3 Å². The fourth-order valence-electron chi connectivity index (χ4n) is 3.67. The highest BCUT2D eigenvalue weighted by molar-refractivity contribution is 14.1. The second-order valence-electron chi connectivity index (χ2n) is 8.60. The Morgan fingerprint density at radius 2 is 1.68 bits per heavy atom. The molecule has 208 valence electrons. The smallest absolute Gasteiger partial charge is 0.266 e. The first-order valence-corrected chi connectivity index (χ1v) is 14.3. The van der Waals surface area contributed by atoms with Crippen LogP contribution in [0.1, 0.15) is 16.7 Å². The highest BCUT2D eigenvalue weighted by Crippen LogP contribution is 2.35. The van der Waals surface area contributed by atoms with Crippen LogP contribution in [0.5, 0.6) is 17.2 Å². The first-order chi connectivity index (χ1) is 19.8. The number of carbonyl (C=O) groups excluding carboxylic acids is 1. The molecule has 0 spiro atoms. The molecular weight excluding hydrogens is 698 g/mol. The van der Waals surface area contributed by atoms with Gasteiger partial charge in [0, 0.05) is 16.3 Å². The molecule has 4 aromatic rings. The maximum absolute atomic E-state index is 12.9. The van der Waals surface area contributed by atoms with Crippen LogP contribution < -0.4 is 19.5 Å². The molecule has 0 aliphatic rings. The third-order valence-corrected chi connectivity index (χ3v) is 7.67. The van der Waals surface area contributed by atoms with Crippen molar-refractivity contribution in [2.75, 3.05) is 12.4 Å². The Labute approximate surface area is 266 Å². The first-order valence-electron chi connectivity index (χ1n) is 12.1. The Morgan fingerprint density at radius 1 is 0.927 bits per heavy atom. The molecule has 0 aliphatic heterocycles. The Morgan fingerprint density at radius 3 is 2.37 bits per heavy atom. The van der Waals surface area contributed by atoms with E-state index in [1.807, 2.05) is 30.3 Å². The first kappa shape index (κ1) is 30.5. The molecule has 0 radical (unpaired) electrons. The largest absolute Gasteiger partial charge is 0.493 e. The molecule has 0 unspecified atom stereocenters. The lowest BCUT2D eigenvalue weighted by Gasteiger charge is -2.14. The van der Waals surface area contributed by atoms with Gasteiger partial charge in [-0.15, -0.1) is 0 Å². The van der Waals surface area contributed by atoms with Crippen molar-refractivity contribution in [3.05, 3.63) is 120 Å². The number of carbonyl (C=O) groups is 1. The average molecular weight is 720 g/mol. The van der Waals surface area contributed by atoms with Gasteiger partial charge in [0.1, 0.15) is 30.6 Å². The van der Waals surface area contributed by atoms with Crippen LogP contribution in [-0.2, 0) is 18.0 Å². The van der Waals surface area contributed by atoms with E-state index in [2.05, 4.69) is 27.9 Å². The van der Waals surface area contributed by atoms with Crippen molar-refractivity contribution in [3.63, 3.8) is 0 Å². The number of hydrogen-bond acceptors (Lipinski definition) is 5. The summed E-state index contributed by atoms with van der Waals surface area (Å²) in [6.45, 7) is 0.558. The van der Waals surface area contributed by atoms with Gasteiger partial charge in [-0.1, -0.05) is 59.1 Å². The van der Waals surface area contributed by atoms with E-state index in [-0.39, 0.29) is 12.2 Å². The van der Waals surface area contributed by atoms with Gasteiger partial charge in [-0.2, -0.15) is 5.26 Å². The minimum Gasteiger partial charge on any atom is -0.493 e. The monoisotopic (exact) mass is 718 g/mol. The Kier molecular flexibility index (Phi) is 10.8. The van der Waals surface area contributed by atoms with E-state index >= 15 is 0 Å². The van der Waals surface area contributed by atoms with Crippen LogP contribution in [0, 0.1) is 14.9 Å². The third kappa shape index (κ3) is 8.30. The van der Waals surface area contributed by atoms with Crippen LogP contribution in [0.25, 0.3) is 6.08 Å². The van der Waals surface area contributed by atoms with E-state index in [4.69, 9.17) is 49.0 Å². The maximum Gasteiger partial charge on any atom is 0.266 e. The lowest BCUT2D eigenvalue weighted by Crippen LogP contribution is -2.13. The Balaban J connectivity index is 1.42. The summed E-state index contributed by atoms with van der Waals surface area (Å²) < 4.78 is 18.0. The summed E-state index contributed by atoms with van der Waals surface area (Å²) in [7, 11) is 1.52. The molecular formula is C31H22Cl3IN2O4. The zero-order valence-electron chi connectivity index (χ0n) is 21.6. The minimum absolute atomic E-state index is 0.0774. The quantitative estimate of drug-likeness (QED) is 0.101. The van der Waals surface area contributed by atoms with Gasteiger partial charge in [0.15, 0.2) is 11.5 Å². The second kappa shape index (κ2) is 14.5. The van der Waals surface area contributed by atoms with E-state index in [9.17, 15) is 10.1 Å². The van der Waals surface area contributed by atoms with Crippen LogP contribution in [0.15, 0.2) is 84.4 Å². The number of benzene rings is 4. The molecule has 0 aliphatic carbocycles. The van der Waals surface area contributed by atoms with E-state index in [1.165, 1.54) is 13.2 Å². The summed E-state index contributed by atoms with van der Waals surface area (Å²) in [5.74, 6) is 1.04. The van der Waals surface area contributed by atoms with Gasteiger partial charge in [-0.25, -0.2) is 0 Å². The number of nitrogens with zero attached hydrogens (tertiary/aromatic N) is 1. The van der Waals surface area contributed by atoms with E-state index in [1.54, 1.807) is 54.6 Å². The molecule has 0 saturated heterocycles. The summed E-state index contributed by atoms with van der Waals surface area (Å²) in [5.41, 5.74) is 2.74. The lowest BCUT2D eigenvalue weighted by molar-refractivity contribution is -0.112. The van der Waals surface area contributed by atoms with Crippen molar-refractivity contribution < 1.29 is 19.0 Å². The molecule has 0 atom stereocenters. The van der Waals surface area contributed by atoms with Crippen LogP contribution in [0.4, 0.5) is 5.69 Å². The molecule has 6 nitrogen and oxygen atoms in total. The van der Waals surface area contributed by atoms with Crippen molar-refractivity contribution in [2.24, 2.45) is 0 Å². The Hall–Kier alpha value is -3.42. The number of rotatable bonds is 10. The highest BCUT2D eigenvalue weighted by atomic mass is 127. The van der Waals surface area contributed by atoms with Crippen LogP contribution in [-0.4, -0.2) is 13.0 Å². The number of halogens is 4. The fraction of sp³-hybridized carbons (Fsp3) is 0.0968. The van der Waals surface area contributed by atoms with Crippen LogP contribution >= 0.6 is 57.4 Å². The van der Waals surface area contributed by atoms with Gasteiger partial charge < -0.3 is 19.5 Å². The molecule has 0 aromatic heterocycles. The molecule has 0 heterocycles. The molecule has 1 N–H and O–H groups in total. The number of nitrogens with one attached hydrogen (secondary N) is 1. The maximum atomic E-state index is 12.9.